The molecule has 37 heavy (non-hydrogen) atoms. The Morgan fingerprint density at radius 1 is 0.973 bits per heavy atom. The first-order valence-electron chi connectivity index (χ1n) is 14.0. The summed E-state index contributed by atoms with van der Waals surface area (Å²) >= 11 is 0. The molecule has 3 aromatic rings. The highest BCUT2D eigenvalue weighted by molar-refractivity contribution is 5.33. The summed E-state index contributed by atoms with van der Waals surface area (Å²) in [7, 11) is 0. The first-order chi connectivity index (χ1) is 18.0. The minimum Gasteiger partial charge on any atom is -0.378 e. The maximum absolute atomic E-state index is 13.3. The molecule has 1 saturated carbocycles. The van der Waals surface area contributed by atoms with Gasteiger partial charge in [0.25, 0.3) is 0 Å². The maximum atomic E-state index is 13.3. The van der Waals surface area contributed by atoms with Crippen LogP contribution in [0, 0.1) is 17.7 Å². The van der Waals surface area contributed by atoms with Crippen LogP contribution in [-0.4, -0.2) is 40.5 Å². The third-order valence-corrected chi connectivity index (χ3v) is 9.27. The lowest BCUT2D eigenvalue weighted by Gasteiger charge is -2.51. The fourth-order valence-corrected chi connectivity index (χ4v) is 7.12. The number of benzene rings is 2. The number of hydrogen-bond acceptors (Lipinski definition) is 4. The van der Waals surface area contributed by atoms with E-state index in [1.807, 2.05) is 36.4 Å². The van der Waals surface area contributed by atoms with Gasteiger partial charge in [0.2, 0.25) is 0 Å². The molecule has 2 atom stereocenters. The van der Waals surface area contributed by atoms with Crippen molar-refractivity contribution in [1.82, 2.24) is 5.16 Å². The molecule has 2 aromatic carbocycles. The van der Waals surface area contributed by atoms with Crippen molar-refractivity contribution in [3.8, 4) is 0 Å². The van der Waals surface area contributed by atoms with Crippen molar-refractivity contribution in [2.45, 2.75) is 69.8 Å². The van der Waals surface area contributed by atoms with Crippen molar-refractivity contribution < 1.29 is 23.2 Å². The maximum Gasteiger partial charge on any atom is 0.191 e. The zero-order valence-electron chi connectivity index (χ0n) is 21.5. The Bertz CT molecular complexity index is 1170. The summed E-state index contributed by atoms with van der Waals surface area (Å²) in [6, 6.07) is 18.6. The van der Waals surface area contributed by atoms with E-state index in [-0.39, 0.29) is 17.8 Å². The second-order valence-corrected chi connectivity index (χ2v) is 11.6. The van der Waals surface area contributed by atoms with E-state index < -0.39 is 5.60 Å². The molecule has 2 bridgehead atoms. The second kappa shape index (κ2) is 10.3. The van der Waals surface area contributed by atoms with Crippen LogP contribution in [0.5, 0.6) is 0 Å². The van der Waals surface area contributed by atoms with Crippen molar-refractivity contribution in [2.24, 2.45) is 11.8 Å². The Hall–Kier alpha value is -2.54. The molecule has 196 valence electrons. The lowest BCUT2D eigenvalue weighted by atomic mass is 9.71. The van der Waals surface area contributed by atoms with Gasteiger partial charge in [0.15, 0.2) is 5.76 Å². The first-order valence-corrected chi connectivity index (χ1v) is 14.0. The van der Waals surface area contributed by atoms with Crippen LogP contribution in [0.25, 0.3) is 0 Å². The molecule has 3 saturated heterocycles. The molecule has 4 heterocycles. The minimum atomic E-state index is -1.13. The van der Waals surface area contributed by atoms with E-state index in [1.165, 1.54) is 18.6 Å². The average Bonchev–Trinajstić information content (AvgIpc) is 3.42. The number of quaternary nitrogens is 1. The Kier molecular flexibility index (Phi) is 6.91. The fraction of sp³-hybridized carbons (Fsp3) is 0.516. The van der Waals surface area contributed by atoms with Crippen molar-refractivity contribution in [1.29, 1.82) is 0 Å². The predicted molar refractivity (Wildman–Crippen MR) is 139 cm³/mol. The van der Waals surface area contributed by atoms with Gasteiger partial charge in [-0.2, -0.15) is 0 Å². The van der Waals surface area contributed by atoms with Gasteiger partial charge < -0.3 is 18.8 Å². The number of fused-ring (bicyclic) bond motifs is 3. The van der Waals surface area contributed by atoms with Gasteiger partial charge in [0.05, 0.1) is 19.7 Å². The van der Waals surface area contributed by atoms with Crippen LogP contribution >= 0.6 is 0 Å². The van der Waals surface area contributed by atoms with E-state index in [9.17, 15) is 9.50 Å². The Labute approximate surface area is 218 Å². The largest absolute Gasteiger partial charge is 0.378 e. The molecular weight excluding hydrogens is 467 g/mol. The lowest BCUT2D eigenvalue weighted by molar-refractivity contribution is -0.959. The van der Waals surface area contributed by atoms with Gasteiger partial charge in [0.1, 0.15) is 36.3 Å². The number of aromatic nitrogens is 1. The average molecular weight is 506 g/mol. The molecule has 0 spiro atoms. The van der Waals surface area contributed by atoms with Gasteiger partial charge in [-0.1, -0.05) is 66.9 Å². The third kappa shape index (κ3) is 4.99. The van der Waals surface area contributed by atoms with Crippen LogP contribution < -0.4 is 0 Å². The number of rotatable bonds is 8. The van der Waals surface area contributed by atoms with Gasteiger partial charge in [-0.3, -0.25) is 0 Å². The highest BCUT2D eigenvalue weighted by atomic mass is 19.1. The van der Waals surface area contributed by atoms with E-state index in [0.717, 1.165) is 86.1 Å². The highest BCUT2D eigenvalue weighted by Gasteiger charge is 2.48. The van der Waals surface area contributed by atoms with Crippen LogP contribution in [0.1, 0.15) is 67.5 Å². The topological polar surface area (TPSA) is 55.5 Å². The molecule has 0 radical (unpaired) electrons. The van der Waals surface area contributed by atoms with E-state index in [2.05, 4.69) is 5.16 Å². The molecule has 4 aliphatic rings. The Morgan fingerprint density at radius 3 is 2.43 bits per heavy atom. The molecule has 3 aliphatic heterocycles. The Morgan fingerprint density at radius 2 is 1.70 bits per heavy atom. The number of aliphatic hydroxyl groups is 1. The summed E-state index contributed by atoms with van der Waals surface area (Å²) < 4.78 is 26.5. The van der Waals surface area contributed by atoms with Crippen molar-refractivity contribution >= 4 is 0 Å². The summed E-state index contributed by atoms with van der Waals surface area (Å²) in [5.74, 6) is 1.35. The van der Waals surface area contributed by atoms with Gasteiger partial charge >= 0.3 is 0 Å². The summed E-state index contributed by atoms with van der Waals surface area (Å²) in [4.78, 5) is 0. The van der Waals surface area contributed by atoms with E-state index in [4.69, 9.17) is 9.26 Å². The summed E-state index contributed by atoms with van der Waals surface area (Å²) in [6.07, 6.45) is 8.01. The molecule has 5 nitrogen and oxygen atoms in total. The molecule has 6 heteroatoms. The predicted octanol–water partition coefficient (Wildman–Crippen LogP) is 5.96. The Balaban J connectivity index is 1.19. The number of ether oxygens (including phenoxy) is 1. The van der Waals surface area contributed by atoms with Gasteiger partial charge in [-0.15, -0.1) is 0 Å². The zero-order valence-corrected chi connectivity index (χ0v) is 21.5. The molecular formula is C31H38FN2O3+. The summed E-state index contributed by atoms with van der Waals surface area (Å²) in [5, 5.41) is 16.7. The van der Waals surface area contributed by atoms with Crippen LogP contribution in [-0.2, 0) is 23.5 Å². The number of nitrogens with zero attached hydrogens (tertiary/aromatic N) is 2. The van der Waals surface area contributed by atoms with Gasteiger partial charge in [-0.05, 0) is 42.0 Å². The molecule has 1 aromatic heterocycles. The lowest BCUT2D eigenvalue weighted by Crippen LogP contribution is -2.63. The second-order valence-electron chi connectivity index (χ2n) is 11.6. The van der Waals surface area contributed by atoms with Crippen LogP contribution in [0.15, 0.2) is 65.2 Å². The van der Waals surface area contributed by atoms with E-state index in [1.54, 1.807) is 12.1 Å². The summed E-state index contributed by atoms with van der Waals surface area (Å²) in [5.41, 5.74) is 1.43. The first kappa shape index (κ1) is 24.8. The molecule has 2 unspecified atom stereocenters. The van der Waals surface area contributed by atoms with E-state index in [0.29, 0.717) is 18.2 Å². The highest BCUT2D eigenvalue weighted by Crippen LogP contribution is 2.44. The van der Waals surface area contributed by atoms with Gasteiger partial charge in [-0.25, -0.2) is 4.39 Å². The zero-order chi connectivity index (χ0) is 25.3. The van der Waals surface area contributed by atoms with Crippen LogP contribution in [0.3, 0.4) is 0 Å². The SMILES string of the molecule is OC(c1ccccc1)(c1cc(C[N+]23CCC(CC2)C(OCc2ccc(F)cc2)C3)on1)C1CCCCC1. The molecule has 7 rings (SSSR count). The van der Waals surface area contributed by atoms with Crippen LogP contribution in [0.4, 0.5) is 4.39 Å². The van der Waals surface area contributed by atoms with Crippen molar-refractivity contribution in [2.75, 3.05) is 19.6 Å². The molecule has 1 N–H and O–H groups in total. The minimum absolute atomic E-state index is 0.142. The normalized spacial score (nSPS) is 27.7. The monoisotopic (exact) mass is 505 g/mol. The smallest absolute Gasteiger partial charge is 0.191 e. The standard InChI is InChI=1S/C31H38FN2O3/c32-27-13-11-23(12-14-27)22-36-29-21-34(17-15-24(29)16-18-34)20-28-19-30(33-37-28)31(35,25-7-3-1-4-8-25)26-9-5-2-6-10-26/h1,3-4,7-8,11-14,19,24,26,29,35H,2,5-6,9-10,15-18,20-22H2/q+1. The molecule has 1 aliphatic carbocycles. The number of piperidine rings is 3. The number of halogens is 1. The number of hydrogen-bond donors (Lipinski definition) is 1. The molecule has 4 fully saturated rings. The quantitative estimate of drug-likeness (QED) is 0.384. The van der Waals surface area contributed by atoms with Crippen molar-refractivity contribution in [3.05, 3.63) is 89.1 Å². The molecule has 0 amide bonds. The summed E-state index contributed by atoms with van der Waals surface area (Å²) in [6.45, 7) is 4.46. The van der Waals surface area contributed by atoms with Crippen molar-refractivity contribution in [3.63, 3.8) is 0 Å². The van der Waals surface area contributed by atoms with E-state index >= 15 is 0 Å². The van der Waals surface area contributed by atoms with Crippen LogP contribution in [0.2, 0.25) is 0 Å². The fourth-order valence-electron chi connectivity index (χ4n) is 7.12. The third-order valence-electron chi connectivity index (χ3n) is 9.27. The van der Waals surface area contributed by atoms with Gasteiger partial charge in [0, 0.05) is 24.8 Å².